The third kappa shape index (κ3) is 3.71. The number of thiophene rings is 1. The van der Waals surface area contributed by atoms with E-state index < -0.39 is 6.10 Å². The molecule has 0 fully saturated rings. The highest BCUT2D eigenvalue weighted by Gasteiger charge is 2.10. The lowest BCUT2D eigenvalue weighted by atomic mass is 10.3. The van der Waals surface area contributed by atoms with Gasteiger partial charge in [-0.3, -0.25) is 0 Å². The molecule has 2 rings (SSSR count). The molecular formula is C12H10ClFOS2. The summed E-state index contributed by atoms with van der Waals surface area (Å²) in [5, 5.41) is 9.90. The van der Waals surface area contributed by atoms with E-state index in [1.54, 1.807) is 12.1 Å². The molecule has 0 amide bonds. The standard InChI is InChI=1S/C12H10ClFOS2/c13-12-5-4-11(17-12)10(15)7-16-9-3-1-2-8(14)6-9/h1-6,10,15H,7H2. The van der Waals surface area contributed by atoms with E-state index in [0.717, 1.165) is 9.77 Å². The highest BCUT2D eigenvalue weighted by atomic mass is 35.5. The molecule has 0 saturated heterocycles. The molecule has 1 unspecified atom stereocenters. The number of hydrogen-bond acceptors (Lipinski definition) is 3. The Kier molecular flexibility index (Phi) is 4.45. The fraction of sp³-hybridized carbons (Fsp3) is 0.167. The van der Waals surface area contributed by atoms with Crippen LogP contribution in [0.2, 0.25) is 4.34 Å². The molecule has 2 aromatic rings. The topological polar surface area (TPSA) is 20.2 Å². The number of aliphatic hydroxyl groups excluding tert-OH is 1. The van der Waals surface area contributed by atoms with Crippen molar-refractivity contribution in [3.8, 4) is 0 Å². The molecule has 5 heteroatoms. The van der Waals surface area contributed by atoms with E-state index in [2.05, 4.69) is 0 Å². The van der Waals surface area contributed by atoms with Crippen molar-refractivity contribution in [1.29, 1.82) is 0 Å². The summed E-state index contributed by atoms with van der Waals surface area (Å²) in [6, 6.07) is 9.91. The molecule has 0 aliphatic heterocycles. The Balaban J connectivity index is 1.94. The van der Waals surface area contributed by atoms with Gasteiger partial charge in [-0.2, -0.15) is 0 Å². The maximum atomic E-state index is 12.9. The Hall–Kier alpha value is -0.550. The Labute approximate surface area is 112 Å². The number of hydrogen-bond donors (Lipinski definition) is 1. The molecule has 90 valence electrons. The summed E-state index contributed by atoms with van der Waals surface area (Å²) in [6.07, 6.45) is -0.569. The molecule has 1 N–H and O–H groups in total. The van der Waals surface area contributed by atoms with E-state index in [1.165, 1.54) is 35.2 Å². The van der Waals surface area contributed by atoms with Crippen LogP contribution < -0.4 is 0 Å². The maximum absolute atomic E-state index is 12.9. The molecule has 0 bridgehead atoms. The van der Waals surface area contributed by atoms with Gasteiger partial charge in [0.2, 0.25) is 0 Å². The summed E-state index contributed by atoms with van der Waals surface area (Å²) in [7, 11) is 0. The van der Waals surface area contributed by atoms with Gasteiger partial charge in [0.25, 0.3) is 0 Å². The van der Waals surface area contributed by atoms with Gasteiger partial charge in [0.15, 0.2) is 0 Å². The second kappa shape index (κ2) is 5.87. The van der Waals surface area contributed by atoms with Gasteiger partial charge in [-0.15, -0.1) is 23.1 Å². The van der Waals surface area contributed by atoms with Crippen molar-refractivity contribution in [1.82, 2.24) is 0 Å². The first kappa shape index (κ1) is 12.9. The first-order valence-electron chi connectivity index (χ1n) is 4.97. The predicted molar refractivity (Wildman–Crippen MR) is 71.4 cm³/mol. The van der Waals surface area contributed by atoms with Crippen molar-refractivity contribution in [3.05, 3.63) is 51.4 Å². The van der Waals surface area contributed by atoms with Crippen LogP contribution in [0.25, 0.3) is 0 Å². The van der Waals surface area contributed by atoms with Gasteiger partial charge < -0.3 is 5.11 Å². The monoisotopic (exact) mass is 288 g/mol. The van der Waals surface area contributed by atoms with Crippen LogP contribution in [0.1, 0.15) is 11.0 Å². The van der Waals surface area contributed by atoms with Crippen molar-refractivity contribution < 1.29 is 9.50 Å². The van der Waals surface area contributed by atoms with Crippen molar-refractivity contribution in [2.75, 3.05) is 5.75 Å². The van der Waals surface area contributed by atoms with Crippen LogP contribution in [0.5, 0.6) is 0 Å². The van der Waals surface area contributed by atoms with Crippen molar-refractivity contribution in [2.45, 2.75) is 11.0 Å². The highest BCUT2D eigenvalue weighted by Crippen LogP contribution is 2.30. The second-order valence-corrected chi connectivity index (χ2v) is 6.27. The van der Waals surface area contributed by atoms with Gasteiger partial charge >= 0.3 is 0 Å². The Morgan fingerprint density at radius 3 is 2.82 bits per heavy atom. The summed E-state index contributed by atoms with van der Waals surface area (Å²) in [5.41, 5.74) is 0. The third-order valence-corrected chi connectivity index (χ3v) is 4.53. The SMILES string of the molecule is OC(CSc1cccc(F)c1)c1ccc(Cl)s1. The molecule has 1 aromatic carbocycles. The van der Waals surface area contributed by atoms with Gasteiger partial charge in [-0.25, -0.2) is 4.39 Å². The maximum Gasteiger partial charge on any atom is 0.124 e. The number of benzene rings is 1. The number of rotatable bonds is 4. The van der Waals surface area contributed by atoms with E-state index in [0.29, 0.717) is 10.1 Å². The van der Waals surface area contributed by atoms with Gasteiger partial charge in [-0.05, 0) is 30.3 Å². The molecule has 1 aromatic heterocycles. The van der Waals surface area contributed by atoms with Crippen LogP contribution >= 0.6 is 34.7 Å². The minimum atomic E-state index is -0.569. The van der Waals surface area contributed by atoms with E-state index in [4.69, 9.17) is 11.6 Å². The first-order chi connectivity index (χ1) is 8.15. The van der Waals surface area contributed by atoms with Crippen LogP contribution in [0.15, 0.2) is 41.3 Å². The Bertz CT molecular complexity index is 501. The lowest BCUT2D eigenvalue weighted by Gasteiger charge is -2.07. The number of aliphatic hydroxyl groups is 1. The predicted octanol–water partition coefficient (Wildman–Crippen LogP) is 4.37. The van der Waals surface area contributed by atoms with Crippen molar-refractivity contribution in [3.63, 3.8) is 0 Å². The van der Waals surface area contributed by atoms with Crippen LogP contribution in [0, 0.1) is 5.82 Å². The van der Waals surface area contributed by atoms with Gasteiger partial charge in [0.1, 0.15) is 5.82 Å². The average molecular weight is 289 g/mol. The van der Waals surface area contributed by atoms with E-state index in [-0.39, 0.29) is 5.82 Å². The second-order valence-electron chi connectivity index (χ2n) is 3.43. The van der Waals surface area contributed by atoms with Crippen LogP contribution in [-0.4, -0.2) is 10.9 Å². The molecule has 0 radical (unpaired) electrons. The summed E-state index contributed by atoms with van der Waals surface area (Å²) in [4.78, 5) is 1.64. The van der Waals surface area contributed by atoms with E-state index in [1.807, 2.05) is 12.1 Å². The lowest BCUT2D eigenvalue weighted by molar-refractivity contribution is 0.208. The molecule has 1 heterocycles. The fourth-order valence-electron chi connectivity index (χ4n) is 1.32. The van der Waals surface area contributed by atoms with Crippen LogP contribution in [0.3, 0.4) is 0 Å². The normalized spacial score (nSPS) is 12.6. The first-order valence-corrected chi connectivity index (χ1v) is 7.15. The summed E-state index contributed by atoms with van der Waals surface area (Å²) >= 11 is 8.58. The third-order valence-electron chi connectivity index (χ3n) is 2.13. The molecule has 1 nitrogen and oxygen atoms in total. The smallest absolute Gasteiger partial charge is 0.124 e. The van der Waals surface area contributed by atoms with Gasteiger partial charge in [-0.1, -0.05) is 17.7 Å². The largest absolute Gasteiger partial charge is 0.387 e. The molecule has 0 aliphatic rings. The van der Waals surface area contributed by atoms with Gasteiger partial charge in [0.05, 0.1) is 10.4 Å². The molecule has 0 spiro atoms. The quantitative estimate of drug-likeness (QED) is 0.843. The summed E-state index contributed by atoms with van der Waals surface area (Å²) in [5.74, 6) is 0.226. The zero-order valence-corrected chi connectivity index (χ0v) is 11.2. The minimum Gasteiger partial charge on any atom is -0.387 e. The van der Waals surface area contributed by atoms with Crippen molar-refractivity contribution >= 4 is 34.7 Å². The number of thioether (sulfide) groups is 1. The lowest BCUT2D eigenvalue weighted by Crippen LogP contribution is -1.97. The highest BCUT2D eigenvalue weighted by molar-refractivity contribution is 7.99. The average Bonchev–Trinajstić information content (AvgIpc) is 2.73. The Morgan fingerprint density at radius 2 is 2.18 bits per heavy atom. The zero-order chi connectivity index (χ0) is 12.3. The molecule has 0 aliphatic carbocycles. The minimum absolute atomic E-state index is 0.261. The van der Waals surface area contributed by atoms with Crippen molar-refractivity contribution in [2.24, 2.45) is 0 Å². The summed E-state index contributed by atoms with van der Waals surface area (Å²) in [6.45, 7) is 0. The molecule has 1 atom stereocenters. The number of halogens is 2. The fourth-order valence-corrected chi connectivity index (χ4v) is 3.37. The van der Waals surface area contributed by atoms with E-state index in [9.17, 15) is 9.50 Å². The molecule has 0 saturated carbocycles. The summed E-state index contributed by atoms with van der Waals surface area (Å²) < 4.78 is 13.6. The molecule has 17 heavy (non-hydrogen) atoms. The van der Waals surface area contributed by atoms with E-state index >= 15 is 0 Å². The van der Waals surface area contributed by atoms with Gasteiger partial charge in [0, 0.05) is 15.5 Å². The van der Waals surface area contributed by atoms with Crippen LogP contribution in [0.4, 0.5) is 4.39 Å². The molecular weight excluding hydrogens is 279 g/mol. The van der Waals surface area contributed by atoms with Crippen LogP contribution in [-0.2, 0) is 0 Å². The zero-order valence-electron chi connectivity index (χ0n) is 8.77. The Morgan fingerprint density at radius 1 is 1.35 bits per heavy atom.